The van der Waals surface area contributed by atoms with E-state index in [1.165, 1.54) is 12.8 Å². The van der Waals surface area contributed by atoms with Gasteiger partial charge in [-0.05, 0) is 37.3 Å². The number of amides is 3. The maximum atomic E-state index is 13.6. The van der Waals surface area contributed by atoms with Gasteiger partial charge in [-0.25, -0.2) is 8.78 Å². The zero-order valence-electron chi connectivity index (χ0n) is 17.2. The summed E-state index contributed by atoms with van der Waals surface area (Å²) < 4.78 is 26.5. The highest BCUT2D eigenvalue weighted by Crippen LogP contribution is 2.28. The van der Waals surface area contributed by atoms with Crippen molar-refractivity contribution in [2.24, 2.45) is 5.92 Å². The molecule has 1 aliphatic carbocycles. The molecule has 6 nitrogen and oxygen atoms in total. The van der Waals surface area contributed by atoms with E-state index in [4.69, 9.17) is 0 Å². The minimum absolute atomic E-state index is 0.0138. The molecule has 8 heteroatoms. The summed E-state index contributed by atoms with van der Waals surface area (Å²) in [6.45, 7) is 2.42. The van der Waals surface area contributed by atoms with Gasteiger partial charge in [0.2, 0.25) is 11.8 Å². The van der Waals surface area contributed by atoms with Gasteiger partial charge >= 0.3 is 0 Å². The van der Waals surface area contributed by atoms with Crippen molar-refractivity contribution in [1.29, 1.82) is 0 Å². The highest BCUT2D eigenvalue weighted by molar-refractivity contribution is 5.94. The highest BCUT2D eigenvalue weighted by atomic mass is 19.1. The highest BCUT2D eigenvalue weighted by Gasteiger charge is 2.26. The first-order chi connectivity index (χ1) is 14.4. The average Bonchev–Trinajstić information content (AvgIpc) is 3.24. The van der Waals surface area contributed by atoms with Gasteiger partial charge in [-0.2, -0.15) is 0 Å². The molecule has 0 radical (unpaired) electrons. The summed E-state index contributed by atoms with van der Waals surface area (Å²) in [5.41, 5.74) is -0.221. The summed E-state index contributed by atoms with van der Waals surface area (Å²) in [7, 11) is 0. The van der Waals surface area contributed by atoms with Gasteiger partial charge < -0.3 is 15.1 Å². The first-order valence-electron chi connectivity index (χ1n) is 10.7. The number of halogens is 2. The van der Waals surface area contributed by atoms with Gasteiger partial charge in [0.1, 0.15) is 11.6 Å². The Morgan fingerprint density at radius 3 is 2.23 bits per heavy atom. The second kappa shape index (κ2) is 10.5. The molecule has 0 bridgehead atoms. The van der Waals surface area contributed by atoms with E-state index in [0.717, 1.165) is 25.0 Å². The fourth-order valence-electron chi connectivity index (χ4n) is 4.16. The van der Waals surface area contributed by atoms with Gasteiger partial charge in [0.25, 0.3) is 5.91 Å². The van der Waals surface area contributed by atoms with Crippen LogP contribution in [0.2, 0.25) is 0 Å². The summed E-state index contributed by atoms with van der Waals surface area (Å²) in [6, 6.07) is 2.79. The fraction of sp³-hybridized carbons (Fsp3) is 0.591. The second-order valence-corrected chi connectivity index (χ2v) is 8.10. The molecule has 0 atom stereocenters. The minimum atomic E-state index is -0.913. The number of hydrogen-bond donors (Lipinski definition) is 1. The molecular weight excluding hydrogens is 392 g/mol. The summed E-state index contributed by atoms with van der Waals surface area (Å²) in [5, 5.41) is 2.55. The molecule has 30 heavy (non-hydrogen) atoms. The predicted molar refractivity (Wildman–Crippen MR) is 108 cm³/mol. The third-order valence-corrected chi connectivity index (χ3v) is 5.95. The van der Waals surface area contributed by atoms with Crippen LogP contribution in [0.25, 0.3) is 0 Å². The number of hydrogen-bond acceptors (Lipinski definition) is 3. The quantitative estimate of drug-likeness (QED) is 0.689. The number of carbonyl (C=O) groups is 3. The molecule has 164 valence electrons. The summed E-state index contributed by atoms with van der Waals surface area (Å²) in [5.74, 6) is -1.58. The molecule has 2 aliphatic rings. The monoisotopic (exact) mass is 421 g/mol. The Bertz CT molecular complexity index is 773. The van der Waals surface area contributed by atoms with Crippen molar-refractivity contribution < 1.29 is 23.2 Å². The number of nitrogens with zero attached hydrogens (tertiary/aromatic N) is 2. The summed E-state index contributed by atoms with van der Waals surface area (Å²) >= 11 is 0. The van der Waals surface area contributed by atoms with Crippen LogP contribution in [0.4, 0.5) is 8.78 Å². The summed E-state index contributed by atoms with van der Waals surface area (Å²) in [6.07, 6.45) is 6.06. The first-order valence-corrected chi connectivity index (χ1v) is 10.7. The molecule has 2 fully saturated rings. The lowest BCUT2D eigenvalue weighted by molar-refractivity contribution is -0.140. The molecule has 1 heterocycles. The minimum Gasteiger partial charge on any atom is -0.352 e. The van der Waals surface area contributed by atoms with Crippen LogP contribution < -0.4 is 5.32 Å². The van der Waals surface area contributed by atoms with Gasteiger partial charge in [-0.3, -0.25) is 14.4 Å². The number of rotatable bonds is 7. The van der Waals surface area contributed by atoms with Gasteiger partial charge in [0.05, 0.1) is 5.56 Å². The van der Waals surface area contributed by atoms with Gasteiger partial charge in [-0.15, -0.1) is 0 Å². The van der Waals surface area contributed by atoms with E-state index < -0.39 is 17.5 Å². The smallest absolute Gasteiger partial charge is 0.254 e. The lowest BCUT2D eigenvalue weighted by atomic mass is 10.0. The third-order valence-electron chi connectivity index (χ3n) is 5.95. The Kier molecular flexibility index (Phi) is 7.76. The van der Waals surface area contributed by atoms with Gasteiger partial charge in [-0.1, -0.05) is 12.8 Å². The van der Waals surface area contributed by atoms with Crippen molar-refractivity contribution in [2.45, 2.75) is 44.9 Å². The molecule has 1 saturated heterocycles. The topological polar surface area (TPSA) is 69.7 Å². The van der Waals surface area contributed by atoms with Crippen LogP contribution in [0.15, 0.2) is 18.2 Å². The van der Waals surface area contributed by atoms with Crippen molar-refractivity contribution in [3.05, 3.63) is 35.4 Å². The molecule has 3 rings (SSSR count). The van der Waals surface area contributed by atoms with Crippen molar-refractivity contribution in [3.63, 3.8) is 0 Å². The van der Waals surface area contributed by atoms with Gasteiger partial charge in [0.15, 0.2) is 0 Å². The molecule has 0 unspecified atom stereocenters. The molecule has 1 aromatic rings. The molecular formula is C22H29F2N3O3. The zero-order chi connectivity index (χ0) is 21.5. The van der Waals surface area contributed by atoms with Crippen LogP contribution in [-0.4, -0.2) is 60.2 Å². The Morgan fingerprint density at radius 2 is 1.60 bits per heavy atom. The van der Waals surface area contributed by atoms with E-state index in [1.807, 2.05) is 4.90 Å². The number of nitrogens with one attached hydrogen (secondary N) is 1. The second-order valence-electron chi connectivity index (χ2n) is 8.10. The van der Waals surface area contributed by atoms with E-state index in [2.05, 4.69) is 5.32 Å². The largest absolute Gasteiger partial charge is 0.352 e. The molecule has 1 aliphatic heterocycles. The third kappa shape index (κ3) is 6.00. The lowest BCUT2D eigenvalue weighted by Gasteiger charge is -2.35. The molecule has 3 amide bonds. The van der Waals surface area contributed by atoms with E-state index in [9.17, 15) is 23.2 Å². The molecule has 1 saturated carbocycles. The molecule has 0 aromatic heterocycles. The molecule has 1 aromatic carbocycles. The van der Waals surface area contributed by atoms with E-state index in [-0.39, 0.29) is 30.3 Å². The summed E-state index contributed by atoms with van der Waals surface area (Å²) in [4.78, 5) is 40.3. The maximum absolute atomic E-state index is 13.6. The zero-order valence-corrected chi connectivity index (χ0v) is 17.2. The van der Waals surface area contributed by atoms with Crippen LogP contribution in [0.1, 0.15) is 55.3 Å². The van der Waals surface area contributed by atoms with Crippen molar-refractivity contribution >= 4 is 17.7 Å². The van der Waals surface area contributed by atoms with Crippen LogP contribution in [0, 0.1) is 17.6 Å². The van der Waals surface area contributed by atoms with Crippen molar-refractivity contribution in [3.8, 4) is 0 Å². The average molecular weight is 421 g/mol. The van der Waals surface area contributed by atoms with Gasteiger partial charge in [0, 0.05) is 51.6 Å². The van der Waals surface area contributed by atoms with E-state index >= 15 is 0 Å². The first kappa shape index (κ1) is 22.2. The van der Waals surface area contributed by atoms with Crippen molar-refractivity contribution in [1.82, 2.24) is 15.1 Å². The number of benzene rings is 1. The standard InChI is InChI=1S/C22H29F2N3O3/c23-17-7-8-18(19(24)15-17)22(30)25-9-3-6-20(28)26-10-12-27(13-11-26)21(29)14-16-4-1-2-5-16/h7-8,15-16H,1-6,9-14H2,(H,25,30). The lowest BCUT2D eigenvalue weighted by Crippen LogP contribution is -2.50. The van der Waals surface area contributed by atoms with Crippen LogP contribution in [-0.2, 0) is 9.59 Å². The normalized spacial score (nSPS) is 17.3. The Morgan fingerprint density at radius 1 is 0.967 bits per heavy atom. The Labute approximate surface area is 175 Å². The van der Waals surface area contributed by atoms with Crippen LogP contribution >= 0.6 is 0 Å². The van der Waals surface area contributed by atoms with Crippen molar-refractivity contribution in [2.75, 3.05) is 32.7 Å². The maximum Gasteiger partial charge on any atom is 0.254 e. The molecule has 1 N–H and O–H groups in total. The number of piperazine rings is 1. The Hall–Kier alpha value is -2.51. The van der Waals surface area contributed by atoms with Crippen LogP contribution in [0.3, 0.4) is 0 Å². The van der Waals surface area contributed by atoms with E-state index in [0.29, 0.717) is 51.0 Å². The number of carbonyl (C=O) groups excluding carboxylic acids is 3. The Balaban J connectivity index is 1.33. The fourth-order valence-corrected chi connectivity index (χ4v) is 4.16. The SMILES string of the molecule is O=C(NCCCC(=O)N1CCN(C(=O)CC2CCCC2)CC1)c1ccc(F)cc1F. The predicted octanol–water partition coefficient (Wildman–Crippen LogP) is 2.73. The molecule has 0 spiro atoms. The van der Waals surface area contributed by atoms with E-state index in [1.54, 1.807) is 4.90 Å². The van der Waals surface area contributed by atoms with Crippen LogP contribution in [0.5, 0.6) is 0 Å².